The molecule has 14 heavy (non-hydrogen) atoms. The largest absolute Gasteiger partial charge is 0.392 e. The van der Waals surface area contributed by atoms with Gasteiger partial charge in [0.15, 0.2) is 0 Å². The zero-order valence-corrected chi connectivity index (χ0v) is 9.02. The molecule has 2 aliphatic rings. The second-order valence-electron chi connectivity index (χ2n) is 4.61. The van der Waals surface area contributed by atoms with Crippen LogP contribution in [0.1, 0.15) is 39.0 Å². The summed E-state index contributed by atoms with van der Waals surface area (Å²) in [5, 5.41) is 9.81. The monoisotopic (exact) mass is 195 g/mol. The van der Waals surface area contributed by atoms with Crippen molar-refractivity contribution in [1.29, 1.82) is 0 Å². The van der Waals surface area contributed by atoms with E-state index in [0.717, 1.165) is 19.4 Å². The minimum atomic E-state index is -0.112. The molecule has 0 bridgehead atoms. The van der Waals surface area contributed by atoms with E-state index in [4.69, 9.17) is 0 Å². The first-order valence-electron chi connectivity index (χ1n) is 5.89. The van der Waals surface area contributed by atoms with Gasteiger partial charge in [0.05, 0.1) is 6.10 Å². The SMILES string of the molecule is CC1C(O)CCCN1C1C=CCCC1. The van der Waals surface area contributed by atoms with Crippen molar-refractivity contribution in [3.05, 3.63) is 12.2 Å². The van der Waals surface area contributed by atoms with E-state index in [1.165, 1.54) is 19.3 Å². The third-order valence-electron chi connectivity index (χ3n) is 3.65. The average molecular weight is 195 g/mol. The summed E-state index contributed by atoms with van der Waals surface area (Å²) >= 11 is 0. The van der Waals surface area contributed by atoms with E-state index in [1.54, 1.807) is 0 Å². The highest BCUT2D eigenvalue weighted by Gasteiger charge is 2.30. The van der Waals surface area contributed by atoms with Crippen molar-refractivity contribution in [2.45, 2.75) is 57.2 Å². The lowest BCUT2D eigenvalue weighted by Crippen LogP contribution is -2.50. The Morgan fingerprint density at radius 3 is 2.86 bits per heavy atom. The molecule has 0 aromatic carbocycles. The second kappa shape index (κ2) is 4.45. The zero-order valence-electron chi connectivity index (χ0n) is 9.02. The predicted octanol–water partition coefficient (Wildman–Crippen LogP) is 1.94. The molecule has 1 aliphatic heterocycles. The lowest BCUT2D eigenvalue weighted by Gasteiger charge is -2.41. The first-order chi connectivity index (χ1) is 6.79. The highest BCUT2D eigenvalue weighted by atomic mass is 16.3. The molecule has 80 valence electrons. The normalized spacial score (nSPS) is 40.0. The molecule has 0 saturated carbocycles. The number of nitrogens with zero attached hydrogens (tertiary/aromatic N) is 1. The van der Waals surface area contributed by atoms with Crippen molar-refractivity contribution in [2.24, 2.45) is 0 Å². The fourth-order valence-electron chi connectivity index (χ4n) is 2.69. The van der Waals surface area contributed by atoms with Crippen LogP contribution < -0.4 is 0 Å². The van der Waals surface area contributed by atoms with Crippen molar-refractivity contribution in [3.8, 4) is 0 Å². The van der Waals surface area contributed by atoms with Gasteiger partial charge in [0, 0.05) is 12.1 Å². The number of piperidine rings is 1. The molecule has 0 aromatic rings. The van der Waals surface area contributed by atoms with Crippen LogP contribution in [0, 0.1) is 0 Å². The van der Waals surface area contributed by atoms with Crippen LogP contribution in [0.25, 0.3) is 0 Å². The Bertz CT molecular complexity index is 214. The maximum atomic E-state index is 9.81. The molecule has 0 amide bonds. The summed E-state index contributed by atoms with van der Waals surface area (Å²) < 4.78 is 0. The predicted molar refractivity (Wildman–Crippen MR) is 58.2 cm³/mol. The molecule has 0 aromatic heterocycles. The first-order valence-corrected chi connectivity index (χ1v) is 5.89. The molecule has 0 radical (unpaired) electrons. The van der Waals surface area contributed by atoms with Crippen LogP contribution in [0.3, 0.4) is 0 Å². The standard InChI is InChI=1S/C12H21NO/c1-10-12(14)8-5-9-13(10)11-6-3-2-4-7-11/h3,6,10-12,14H,2,4-5,7-9H2,1H3. The van der Waals surface area contributed by atoms with Crippen LogP contribution in [0.5, 0.6) is 0 Å². The summed E-state index contributed by atoms with van der Waals surface area (Å²) in [6.45, 7) is 3.32. The number of likely N-dealkylation sites (tertiary alicyclic amines) is 1. The molecule has 0 spiro atoms. The van der Waals surface area contributed by atoms with E-state index in [0.29, 0.717) is 12.1 Å². The van der Waals surface area contributed by atoms with Gasteiger partial charge in [-0.25, -0.2) is 0 Å². The summed E-state index contributed by atoms with van der Waals surface area (Å²) in [5.41, 5.74) is 0. The Hall–Kier alpha value is -0.340. The van der Waals surface area contributed by atoms with E-state index >= 15 is 0 Å². The summed E-state index contributed by atoms with van der Waals surface area (Å²) in [4.78, 5) is 2.48. The van der Waals surface area contributed by atoms with Gasteiger partial charge in [0.1, 0.15) is 0 Å². The highest BCUT2D eigenvalue weighted by Crippen LogP contribution is 2.25. The smallest absolute Gasteiger partial charge is 0.0693 e. The third kappa shape index (κ3) is 2.01. The van der Waals surface area contributed by atoms with Crippen molar-refractivity contribution < 1.29 is 5.11 Å². The summed E-state index contributed by atoms with van der Waals surface area (Å²) in [7, 11) is 0. The van der Waals surface area contributed by atoms with Gasteiger partial charge in [0.25, 0.3) is 0 Å². The molecule has 2 rings (SSSR count). The third-order valence-corrected chi connectivity index (χ3v) is 3.65. The Morgan fingerprint density at radius 2 is 2.14 bits per heavy atom. The van der Waals surface area contributed by atoms with Crippen LogP contribution in [0.15, 0.2) is 12.2 Å². The summed E-state index contributed by atoms with van der Waals surface area (Å²) in [6, 6.07) is 0.935. The lowest BCUT2D eigenvalue weighted by atomic mass is 9.94. The van der Waals surface area contributed by atoms with Gasteiger partial charge >= 0.3 is 0 Å². The molecule has 1 heterocycles. The van der Waals surface area contributed by atoms with E-state index in [1.807, 2.05) is 0 Å². The molecular weight excluding hydrogens is 174 g/mol. The van der Waals surface area contributed by atoms with Crippen molar-refractivity contribution in [2.75, 3.05) is 6.54 Å². The van der Waals surface area contributed by atoms with Crippen molar-refractivity contribution in [3.63, 3.8) is 0 Å². The topological polar surface area (TPSA) is 23.5 Å². The average Bonchev–Trinajstić information content (AvgIpc) is 2.23. The molecule has 1 saturated heterocycles. The molecule has 3 unspecified atom stereocenters. The van der Waals surface area contributed by atoms with Crippen LogP contribution in [-0.2, 0) is 0 Å². The van der Waals surface area contributed by atoms with Gasteiger partial charge in [-0.15, -0.1) is 0 Å². The van der Waals surface area contributed by atoms with Gasteiger partial charge in [-0.1, -0.05) is 12.2 Å². The quantitative estimate of drug-likeness (QED) is 0.646. The van der Waals surface area contributed by atoms with E-state index in [9.17, 15) is 5.11 Å². The van der Waals surface area contributed by atoms with Gasteiger partial charge in [0.2, 0.25) is 0 Å². The molecule has 2 nitrogen and oxygen atoms in total. The summed E-state index contributed by atoms with van der Waals surface area (Å²) in [6.07, 6.45) is 10.5. The van der Waals surface area contributed by atoms with Crippen LogP contribution in [-0.4, -0.2) is 34.7 Å². The fraction of sp³-hybridized carbons (Fsp3) is 0.833. The minimum absolute atomic E-state index is 0.112. The molecular formula is C12H21NO. The van der Waals surface area contributed by atoms with E-state index < -0.39 is 0 Å². The zero-order chi connectivity index (χ0) is 9.97. The van der Waals surface area contributed by atoms with Gasteiger partial charge in [-0.3, -0.25) is 4.90 Å². The van der Waals surface area contributed by atoms with Crippen molar-refractivity contribution >= 4 is 0 Å². The molecule has 3 atom stereocenters. The number of hydrogen-bond acceptors (Lipinski definition) is 2. The number of rotatable bonds is 1. The van der Waals surface area contributed by atoms with Gasteiger partial charge < -0.3 is 5.11 Å². The fourth-order valence-corrected chi connectivity index (χ4v) is 2.69. The highest BCUT2D eigenvalue weighted by molar-refractivity contribution is 5.01. The maximum absolute atomic E-state index is 9.81. The molecule has 1 aliphatic carbocycles. The van der Waals surface area contributed by atoms with Crippen LogP contribution in [0.2, 0.25) is 0 Å². The molecule has 2 heteroatoms. The number of aliphatic hydroxyl groups is 1. The first kappa shape index (κ1) is 10.2. The van der Waals surface area contributed by atoms with Gasteiger partial charge in [-0.05, 0) is 45.6 Å². The van der Waals surface area contributed by atoms with Crippen molar-refractivity contribution in [1.82, 2.24) is 4.90 Å². The maximum Gasteiger partial charge on any atom is 0.0693 e. The van der Waals surface area contributed by atoms with E-state index in [2.05, 4.69) is 24.0 Å². The Labute approximate surface area is 86.6 Å². The Morgan fingerprint density at radius 1 is 1.29 bits per heavy atom. The molecule has 1 fully saturated rings. The Kier molecular flexibility index (Phi) is 3.24. The number of allylic oxidation sites excluding steroid dienone is 1. The number of aliphatic hydroxyl groups excluding tert-OH is 1. The lowest BCUT2D eigenvalue weighted by molar-refractivity contribution is 0.00354. The summed E-state index contributed by atoms with van der Waals surface area (Å²) in [5.74, 6) is 0. The minimum Gasteiger partial charge on any atom is -0.392 e. The second-order valence-corrected chi connectivity index (χ2v) is 4.61. The van der Waals surface area contributed by atoms with Crippen LogP contribution >= 0.6 is 0 Å². The molecule has 1 N–H and O–H groups in total. The van der Waals surface area contributed by atoms with Gasteiger partial charge in [-0.2, -0.15) is 0 Å². The van der Waals surface area contributed by atoms with E-state index in [-0.39, 0.29) is 6.10 Å². The van der Waals surface area contributed by atoms with Crippen LogP contribution in [0.4, 0.5) is 0 Å². The Balaban J connectivity index is 2.00. The number of hydrogen-bond donors (Lipinski definition) is 1.